The van der Waals surface area contributed by atoms with Crippen LogP contribution in [-0.2, 0) is 9.53 Å². The molecule has 0 saturated carbocycles. The Morgan fingerprint density at radius 2 is 2.06 bits per heavy atom. The van der Waals surface area contributed by atoms with Crippen molar-refractivity contribution in [2.24, 2.45) is 0 Å². The number of ether oxygens (including phenoxy) is 1. The van der Waals surface area contributed by atoms with Crippen LogP contribution < -0.4 is 0 Å². The van der Waals surface area contributed by atoms with Gasteiger partial charge in [-0.1, -0.05) is 18.2 Å². The largest absolute Gasteiger partial charge is 0.466 e. The van der Waals surface area contributed by atoms with Gasteiger partial charge in [0.15, 0.2) is 0 Å². The molecule has 1 aromatic rings. The molecule has 0 fully saturated rings. The van der Waals surface area contributed by atoms with Crippen molar-refractivity contribution in [2.75, 3.05) is 13.2 Å². The molecule has 1 atom stereocenters. The number of benzene rings is 1. The topological polar surface area (TPSA) is 46.6 Å². The predicted octanol–water partition coefficient (Wildman–Crippen LogP) is 2.16. The molecule has 0 radical (unpaired) electrons. The van der Waals surface area contributed by atoms with E-state index in [0.29, 0.717) is 18.7 Å². The van der Waals surface area contributed by atoms with Gasteiger partial charge in [0.25, 0.3) is 5.91 Å². The number of hydrogen-bond acceptors (Lipinski definition) is 3. The molecule has 18 heavy (non-hydrogen) atoms. The van der Waals surface area contributed by atoms with E-state index >= 15 is 0 Å². The standard InChI is InChI=1S/C14H17NO3/c1-3-15-12(9-13(16)18-4-2)10-7-5-6-8-11(10)14(15)17/h5-8,12H,3-4,9H2,1-2H3. The third kappa shape index (κ3) is 2.10. The van der Waals surface area contributed by atoms with Crippen LogP contribution in [-0.4, -0.2) is 29.9 Å². The molecule has 1 aliphatic rings. The second-order valence-electron chi connectivity index (χ2n) is 4.20. The Labute approximate surface area is 107 Å². The van der Waals surface area contributed by atoms with E-state index in [9.17, 15) is 9.59 Å². The molecule has 2 rings (SSSR count). The van der Waals surface area contributed by atoms with Crippen molar-refractivity contribution in [3.63, 3.8) is 0 Å². The highest BCUT2D eigenvalue weighted by atomic mass is 16.5. The van der Waals surface area contributed by atoms with Crippen LogP contribution in [0.1, 0.15) is 42.2 Å². The number of amides is 1. The zero-order valence-corrected chi connectivity index (χ0v) is 10.7. The van der Waals surface area contributed by atoms with E-state index in [-0.39, 0.29) is 24.3 Å². The normalized spacial score (nSPS) is 17.8. The minimum atomic E-state index is -0.259. The molecule has 4 heteroatoms. The summed E-state index contributed by atoms with van der Waals surface area (Å²) in [6.07, 6.45) is 0.227. The fourth-order valence-electron chi connectivity index (χ4n) is 2.41. The lowest BCUT2D eigenvalue weighted by Gasteiger charge is -2.22. The molecular weight excluding hydrogens is 230 g/mol. The first-order valence-corrected chi connectivity index (χ1v) is 6.24. The van der Waals surface area contributed by atoms with Crippen molar-refractivity contribution in [1.29, 1.82) is 0 Å². The minimum Gasteiger partial charge on any atom is -0.466 e. The quantitative estimate of drug-likeness (QED) is 0.766. The summed E-state index contributed by atoms with van der Waals surface area (Å²) >= 11 is 0. The van der Waals surface area contributed by atoms with Crippen molar-refractivity contribution in [3.8, 4) is 0 Å². The predicted molar refractivity (Wildman–Crippen MR) is 67.1 cm³/mol. The number of esters is 1. The first-order chi connectivity index (χ1) is 8.69. The van der Waals surface area contributed by atoms with Crippen LogP contribution in [0.5, 0.6) is 0 Å². The number of fused-ring (bicyclic) bond motifs is 1. The Hall–Kier alpha value is -1.84. The highest BCUT2D eigenvalue weighted by molar-refractivity contribution is 5.99. The monoisotopic (exact) mass is 247 g/mol. The van der Waals surface area contributed by atoms with E-state index < -0.39 is 0 Å². The molecule has 0 bridgehead atoms. The Kier molecular flexibility index (Phi) is 3.65. The lowest BCUT2D eigenvalue weighted by molar-refractivity contribution is -0.144. The van der Waals surface area contributed by atoms with Gasteiger partial charge in [-0.25, -0.2) is 0 Å². The molecular formula is C14H17NO3. The number of hydrogen-bond donors (Lipinski definition) is 0. The van der Waals surface area contributed by atoms with Crippen LogP contribution in [0.4, 0.5) is 0 Å². The second-order valence-corrected chi connectivity index (χ2v) is 4.20. The second kappa shape index (κ2) is 5.21. The molecule has 96 valence electrons. The van der Waals surface area contributed by atoms with Gasteiger partial charge < -0.3 is 9.64 Å². The van der Waals surface area contributed by atoms with Gasteiger partial charge in [0.1, 0.15) is 0 Å². The van der Waals surface area contributed by atoms with Gasteiger partial charge in [0.05, 0.1) is 19.1 Å². The van der Waals surface area contributed by atoms with E-state index in [1.54, 1.807) is 11.8 Å². The number of carbonyl (C=O) groups is 2. The van der Waals surface area contributed by atoms with E-state index in [2.05, 4.69) is 0 Å². The third-order valence-corrected chi connectivity index (χ3v) is 3.19. The van der Waals surface area contributed by atoms with E-state index in [1.165, 1.54) is 0 Å². The molecule has 1 aliphatic heterocycles. The van der Waals surface area contributed by atoms with E-state index in [4.69, 9.17) is 4.74 Å². The molecule has 0 N–H and O–H groups in total. The molecule has 1 heterocycles. The van der Waals surface area contributed by atoms with Crippen molar-refractivity contribution in [1.82, 2.24) is 4.90 Å². The number of rotatable bonds is 4. The smallest absolute Gasteiger partial charge is 0.308 e. The van der Waals surface area contributed by atoms with Gasteiger partial charge in [-0.2, -0.15) is 0 Å². The van der Waals surface area contributed by atoms with Gasteiger partial charge in [-0.05, 0) is 25.5 Å². The molecule has 0 aliphatic carbocycles. The summed E-state index contributed by atoms with van der Waals surface area (Å²) in [7, 11) is 0. The van der Waals surface area contributed by atoms with Crippen LogP contribution in [0.15, 0.2) is 24.3 Å². The fourth-order valence-corrected chi connectivity index (χ4v) is 2.41. The first kappa shape index (κ1) is 12.6. The van der Waals surface area contributed by atoms with Crippen LogP contribution in [0.25, 0.3) is 0 Å². The van der Waals surface area contributed by atoms with Gasteiger partial charge in [0.2, 0.25) is 0 Å². The third-order valence-electron chi connectivity index (χ3n) is 3.19. The first-order valence-electron chi connectivity index (χ1n) is 6.24. The Morgan fingerprint density at radius 3 is 2.72 bits per heavy atom. The Morgan fingerprint density at radius 1 is 1.33 bits per heavy atom. The summed E-state index contributed by atoms with van der Waals surface area (Å²) in [6, 6.07) is 7.27. The maximum Gasteiger partial charge on any atom is 0.308 e. The summed E-state index contributed by atoms with van der Waals surface area (Å²) in [5.74, 6) is -0.257. The summed E-state index contributed by atoms with van der Waals surface area (Å²) in [5.41, 5.74) is 1.63. The Bertz CT molecular complexity index is 470. The van der Waals surface area contributed by atoms with Crippen molar-refractivity contribution in [2.45, 2.75) is 26.3 Å². The summed E-state index contributed by atoms with van der Waals surface area (Å²) in [5, 5.41) is 0. The van der Waals surface area contributed by atoms with Crippen molar-refractivity contribution in [3.05, 3.63) is 35.4 Å². The zero-order chi connectivity index (χ0) is 13.1. The van der Waals surface area contributed by atoms with Crippen molar-refractivity contribution >= 4 is 11.9 Å². The van der Waals surface area contributed by atoms with Crippen LogP contribution in [0, 0.1) is 0 Å². The van der Waals surface area contributed by atoms with Gasteiger partial charge >= 0.3 is 5.97 Å². The molecule has 0 saturated heterocycles. The fraction of sp³-hybridized carbons (Fsp3) is 0.429. The zero-order valence-electron chi connectivity index (χ0n) is 10.7. The molecule has 1 amide bonds. The van der Waals surface area contributed by atoms with Crippen molar-refractivity contribution < 1.29 is 14.3 Å². The molecule has 0 aromatic heterocycles. The summed E-state index contributed by atoms with van der Waals surface area (Å²) < 4.78 is 4.97. The number of nitrogens with zero attached hydrogens (tertiary/aromatic N) is 1. The minimum absolute atomic E-state index is 0.00222. The maximum absolute atomic E-state index is 12.2. The SMILES string of the molecule is CCOC(=O)CC1c2ccccc2C(=O)N1CC. The van der Waals surface area contributed by atoms with Crippen LogP contribution in [0.2, 0.25) is 0 Å². The van der Waals surface area contributed by atoms with E-state index in [0.717, 1.165) is 5.56 Å². The average Bonchev–Trinajstić information content (AvgIpc) is 2.63. The van der Waals surface area contributed by atoms with Crippen LogP contribution in [0.3, 0.4) is 0 Å². The highest BCUT2D eigenvalue weighted by Crippen LogP contribution is 2.35. The van der Waals surface area contributed by atoms with Crippen LogP contribution >= 0.6 is 0 Å². The lowest BCUT2D eigenvalue weighted by Crippen LogP contribution is -2.29. The molecule has 1 aromatic carbocycles. The summed E-state index contributed by atoms with van der Waals surface area (Å²) in [6.45, 7) is 4.66. The number of carbonyl (C=O) groups excluding carboxylic acids is 2. The molecule has 4 nitrogen and oxygen atoms in total. The average molecular weight is 247 g/mol. The lowest BCUT2D eigenvalue weighted by atomic mass is 10.0. The molecule has 1 unspecified atom stereocenters. The van der Waals surface area contributed by atoms with Gasteiger partial charge in [-0.15, -0.1) is 0 Å². The van der Waals surface area contributed by atoms with Gasteiger partial charge in [0, 0.05) is 12.1 Å². The summed E-state index contributed by atoms with van der Waals surface area (Å²) in [4.78, 5) is 25.5. The van der Waals surface area contributed by atoms with E-state index in [1.807, 2.05) is 31.2 Å². The highest BCUT2D eigenvalue weighted by Gasteiger charge is 2.36. The van der Waals surface area contributed by atoms with Gasteiger partial charge in [-0.3, -0.25) is 9.59 Å². The molecule has 0 spiro atoms. The Balaban J connectivity index is 2.27. The maximum atomic E-state index is 12.2.